The fourth-order valence-electron chi connectivity index (χ4n) is 4.12. The number of fused-ring (bicyclic) bond motifs is 4. The zero-order chi connectivity index (χ0) is 20.4. The first-order chi connectivity index (χ1) is 13.7. The number of aromatic nitrogens is 1. The number of hydrogen-bond acceptors (Lipinski definition) is 3. The molecule has 8 heteroatoms. The van der Waals surface area contributed by atoms with Gasteiger partial charge in [0.2, 0.25) is 0 Å². The second-order valence-electron chi connectivity index (χ2n) is 8.37. The maximum absolute atomic E-state index is 13.1. The number of nitrogens with one attached hydrogen (secondary N) is 1. The maximum Gasteiger partial charge on any atom is 0.416 e. The SMILES string of the molecule is CC1(NC(=O)N2c3nc(-c4cccc(C(F)(F)F)c4)ccc3N3CC[C@H]2C3)CC1. The lowest BCUT2D eigenvalue weighted by atomic mass is 10.1. The number of halogens is 3. The first kappa shape index (κ1) is 18.3. The molecule has 1 saturated carbocycles. The number of nitrogens with zero attached hydrogens (tertiary/aromatic N) is 3. The quantitative estimate of drug-likeness (QED) is 0.809. The highest BCUT2D eigenvalue weighted by Crippen LogP contribution is 2.42. The highest BCUT2D eigenvalue weighted by molar-refractivity contribution is 5.97. The molecule has 5 nitrogen and oxygen atoms in total. The minimum atomic E-state index is -4.42. The Morgan fingerprint density at radius 2 is 2.03 bits per heavy atom. The third-order valence-corrected chi connectivity index (χ3v) is 6.07. The predicted molar refractivity (Wildman–Crippen MR) is 104 cm³/mol. The van der Waals surface area contributed by atoms with Crippen molar-refractivity contribution in [3.05, 3.63) is 42.0 Å². The number of hydrogen-bond donors (Lipinski definition) is 1. The van der Waals surface area contributed by atoms with Gasteiger partial charge in [0.15, 0.2) is 5.82 Å². The number of rotatable bonds is 2. The van der Waals surface area contributed by atoms with E-state index in [1.807, 2.05) is 13.0 Å². The van der Waals surface area contributed by atoms with Gasteiger partial charge in [0.05, 0.1) is 23.0 Å². The standard InChI is InChI=1S/C21H21F3N4O/c1-20(8-9-20)26-19(29)28-15-7-10-27(12-15)17-6-5-16(25-18(17)28)13-3-2-4-14(11-13)21(22,23)24/h2-6,11,15H,7-10,12H2,1H3,(H,26,29)/t15-/m0/s1. The highest BCUT2D eigenvalue weighted by atomic mass is 19.4. The van der Waals surface area contributed by atoms with E-state index in [1.54, 1.807) is 17.0 Å². The number of alkyl halides is 3. The molecule has 2 bridgehead atoms. The first-order valence-corrected chi connectivity index (χ1v) is 9.79. The molecule has 2 amide bonds. The molecular weight excluding hydrogens is 381 g/mol. The van der Waals surface area contributed by atoms with Crippen molar-refractivity contribution < 1.29 is 18.0 Å². The minimum Gasteiger partial charge on any atom is -0.366 e. The molecule has 1 N–H and O–H groups in total. The van der Waals surface area contributed by atoms with Crippen molar-refractivity contribution in [3.8, 4) is 11.3 Å². The van der Waals surface area contributed by atoms with Crippen LogP contribution in [0.5, 0.6) is 0 Å². The maximum atomic E-state index is 13.1. The van der Waals surface area contributed by atoms with Crippen LogP contribution < -0.4 is 15.1 Å². The van der Waals surface area contributed by atoms with Crippen molar-refractivity contribution in [1.29, 1.82) is 0 Å². The predicted octanol–water partition coefficient (Wildman–Crippen LogP) is 4.43. The van der Waals surface area contributed by atoms with Gasteiger partial charge < -0.3 is 10.2 Å². The fraction of sp³-hybridized carbons (Fsp3) is 0.429. The summed E-state index contributed by atoms with van der Waals surface area (Å²) in [5.74, 6) is 0.524. The van der Waals surface area contributed by atoms with E-state index in [9.17, 15) is 18.0 Å². The summed E-state index contributed by atoms with van der Waals surface area (Å²) in [6, 6.07) is 8.57. The Hall–Kier alpha value is -2.77. The highest BCUT2D eigenvalue weighted by Gasteiger charge is 2.45. The van der Waals surface area contributed by atoms with Crippen LogP contribution in [0.2, 0.25) is 0 Å². The van der Waals surface area contributed by atoms with Gasteiger partial charge in [-0.05, 0) is 50.5 Å². The average molecular weight is 402 g/mol. The molecule has 1 aromatic heterocycles. The van der Waals surface area contributed by atoms with Crippen molar-refractivity contribution in [2.24, 2.45) is 0 Å². The van der Waals surface area contributed by atoms with Crippen molar-refractivity contribution in [2.45, 2.75) is 43.9 Å². The summed E-state index contributed by atoms with van der Waals surface area (Å²) in [7, 11) is 0. The van der Waals surface area contributed by atoms with E-state index >= 15 is 0 Å². The molecule has 5 rings (SSSR count). The summed E-state index contributed by atoms with van der Waals surface area (Å²) in [6.07, 6.45) is -1.66. The van der Waals surface area contributed by atoms with Crippen molar-refractivity contribution in [2.75, 3.05) is 22.9 Å². The van der Waals surface area contributed by atoms with Gasteiger partial charge in [-0.1, -0.05) is 12.1 Å². The number of pyridine rings is 1. The Bertz CT molecular complexity index is 986. The summed E-state index contributed by atoms with van der Waals surface area (Å²) in [6.45, 7) is 3.61. The van der Waals surface area contributed by atoms with Crippen molar-refractivity contribution in [3.63, 3.8) is 0 Å². The third-order valence-electron chi connectivity index (χ3n) is 6.07. The van der Waals surface area contributed by atoms with Gasteiger partial charge in [-0.25, -0.2) is 9.78 Å². The van der Waals surface area contributed by atoms with Crippen LogP contribution in [0.1, 0.15) is 31.7 Å². The largest absolute Gasteiger partial charge is 0.416 e. The third kappa shape index (κ3) is 3.20. The Morgan fingerprint density at radius 3 is 2.76 bits per heavy atom. The van der Waals surface area contributed by atoms with E-state index < -0.39 is 11.7 Å². The zero-order valence-corrected chi connectivity index (χ0v) is 16.0. The lowest BCUT2D eigenvalue weighted by molar-refractivity contribution is -0.137. The summed E-state index contributed by atoms with van der Waals surface area (Å²) in [5.41, 5.74) is 0.782. The number of carbonyl (C=O) groups is 1. The molecule has 3 aliphatic rings. The molecule has 1 saturated heterocycles. The van der Waals surface area contributed by atoms with E-state index in [2.05, 4.69) is 15.2 Å². The minimum absolute atomic E-state index is 0.0223. The van der Waals surface area contributed by atoms with E-state index in [0.717, 1.165) is 50.2 Å². The average Bonchev–Trinajstić information content (AvgIpc) is 3.26. The Kier molecular flexibility index (Phi) is 3.85. The van der Waals surface area contributed by atoms with Gasteiger partial charge >= 0.3 is 12.2 Å². The first-order valence-electron chi connectivity index (χ1n) is 9.79. The van der Waals surface area contributed by atoms with Crippen LogP contribution in [0.3, 0.4) is 0 Å². The van der Waals surface area contributed by atoms with Crippen molar-refractivity contribution >= 4 is 17.5 Å². The molecule has 3 heterocycles. The molecule has 1 aliphatic carbocycles. The van der Waals surface area contributed by atoms with Gasteiger partial charge in [0, 0.05) is 24.2 Å². The van der Waals surface area contributed by atoms with Crippen LogP contribution in [0.25, 0.3) is 11.3 Å². The van der Waals surface area contributed by atoms with Crippen LogP contribution in [-0.4, -0.2) is 35.7 Å². The van der Waals surface area contributed by atoms with Crippen LogP contribution in [0.15, 0.2) is 36.4 Å². The monoisotopic (exact) mass is 402 g/mol. The van der Waals surface area contributed by atoms with Gasteiger partial charge in [-0.3, -0.25) is 4.90 Å². The number of amides is 2. The summed E-state index contributed by atoms with van der Waals surface area (Å²) < 4.78 is 39.3. The van der Waals surface area contributed by atoms with Gasteiger partial charge in [-0.2, -0.15) is 13.2 Å². The van der Waals surface area contributed by atoms with E-state index in [-0.39, 0.29) is 17.6 Å². The zero-order valence-electron chi connectivity index (χ0n) is 16.0. The lowest BCUT2D eigenvalue weighted by Crippen LogP contribution is -2.53. The van der Waals surface area contributed by atoms with E-state index in [0.29, 0.717) is 17.1 Å². The van der Waals surface area contributed by atoms with Crippen LogP contribution in [-0.2, 0) is 6.18 Å². The van der Waals surface area contributed by atoms with E-state index in [4.69, 9.17) is 0 Å². The summed E-state index contributed by atoms with van der Waals surface area (Å²) >= 11 is 0. The van der Waals surface area contributed by atoms with Crippen LogP contribution in [0, 0.1) is 0 Å². The molecule has 0 unspecified atom stereocenters. The molecular formula is C21H21F3N4O. The molecule has 2 aliphatic heterocycles. The summed E-state index contributed by atoms with van der Waals surface area (Å²) in [4.78, 5) is 21.6. The number of benzene rings is 1. The number of urea groups is 1. The Labute approximate surface area is 166 Å². The Morgan fingerprint density at radius 1 is 1.24 bits per heavy atom. The molecule has 2 aromatic rings. The van der Waals surface area contributed by atoms with Crippen molar-refractivity contribution in [1.82, 2.24) is 10.3 Å². The molecule has 0 radical (unpaired) electrons. The molecule has 1 atom stereocenters. The lowest BCUT2D eigenvalue weighted by Gasteiger charge is -2.36. The van der Waals surface area contributed by atoms with Gasteiger partial charge in [0.25, 0.3) is 0 Å². The Balaban J connectivity index is 1.55. The molecule has 29 heavy (non-hydrogen) atoms. The fourth-order valence-corrected chi connectivity index (χ4v) is 4.12. The van der Waals surface area contributed by atoms with E-state index in [1.165, 1.54) is 6.07 Å². The second-order valence-corrected chi connectivity index (χ2v) is 8.37. The van der Waals surface area contributed by atoms with Gasteiger partial charge in [-0.15, -0.1) is 0 Å². The van der Waals surface area contributed by atoms with Crippen LogP contribution in [0.4, 0.5) is 29.5 Å². The molecule has 152 valence electrons. The molecule has 0 spiro atoms. The normalized spacial score (nSPS) is 21.7. The molecule has 2 fully saturated rings. The smallest absolute Gasteiger partial charge is 0.366 e. The van der Waals surface area contributed by atoms with Gasteiger partial charge in [0.1, 0.15) is 0 Å². The molecule has 1 aromatic carbocycles. The van der Waals surface area contributed by atoms with Crippen LogP contribution >= 0.6 is 0 Å². The topological polar surface area (TPSA) is 48.5 Å². The summed E-state index contributed by atoms with van der Waals surface area (Å²) in [5, 5.41) is 3.09. The second kappa shape index (κ2) is 6.11. The number of carbonyl (C=O) groups excluding carboxylic acids is 1. The number of anilines is 2.